The van der Waals surface area contributed by atoms with Crippen LogP contribution in [0.15, 0.2) is 83.4 Å². The second-order valence-electron chi connectivity index (χ2n) is 7.13. The van der Waals surface area contributed by atoms with Gasteiger partial charge in [0.1, 0.15) is 36.3 Å². The third-order valence-electron chi connectivity index (χ3n) is 4.60. The molecule has 1 amide bonds. The highest BCUT2D eigenvalue weighted by Crippen LogP contribution is 2.27. The van der Waals surface area contributed by atoms with E-state index in [9.17, 15) is 9.18 Å². The maximum atomic E-state index is 13.5. The molecule has 1 N–H and O–H groups in total. The fraction of sp³-hybridized carbons (Fsp3) is 0.120. The smallest absolute Gasteiger partial charge is 0.260 e. The van der Waals surface area contributed by atoms with Crippen LogP contribution in [0.3, 0.4) is 0 Å². The molecule has 0 fully saturated rings. The van der Waals surface area contributed by atoms with E-state index in [1.807, 2.05) is 30.3 Å². The van der Waals surface area contributed by atoms with Crippen LogP contribution in [0.25, 0.3) is 0 Å². The summed E-state index contributed by atoms with van der Waals surface area (Å²) in [7, 11) is 0. The van der Waals surface area contributed by atoms with E-state index in [2.05, 4.69) is 10.5 Å². The van der Waals surface area contributed by atoms with E-state index in [1.54, 1.807) is 43.3 Å². The van der Waals surface area contributed by atoms with Gasteiger partial charge in [0.25, 0.3) is 5.91 Å². The molecule has 0 atom stereocenters. The van der Waals surface area contributed by atoms with Gasteiger partial charge in [-0.3, -0.25) is 4.79 Å². The second-order valence-corrected chi connectivity index (χ2v) is 7.13. The highest BCUT2D eigenvalue weighted by molar-refractivity contribution is 6.06. The number of nitrogens with one attached hydrogen (secondary N) is 1. The quantitative estimate of drug-likeness (QED) is 0.396. The van der Waals surface area contributed by atoms with Crippen molar-refractivity contribution in [2.24, 2.45) is 0 Å². The minimum absolute atomic E-state index is 0.103. The van der Waals surface area contributed by atoms with E-state index in [1.165, 1.54) is 12.1 Å². The van der Waals surface area contributed by atoms with E-state index in [0.29, 0.717) is 35.2 Å². The van der Waals surface area contributed by atoms with Crippen molar-refractivity contribution >= 4 is 11.7 Å². The number of carbonyl (C=O) groups is 1. The first-order valence-electron chi connectivity index (χ1n) is 9.99. The lowest BCUT2D eigenvalue weighted by Gasteiger charge is -2.14. The minimum atomic E-state index is -0.433. The molecule has 0 aliphatic rings. The Morgan fingerprint density at radius 3 is 2.47 bits per heavy atom. The molecule has 3 aromatic carbocycles. The topological polar surface area (TPSA) is 73.6 Å². The molecule has 0 bridgehead atoms. The molecule has 0 saturated heterocycles. The zero-order valence-electron chi connectivity index (χ0n) is 17.4. The largest absolute Gasteiger partial charge is 0.489 e. The van der Waals surface area contributed by atoms with Gasteiger partial charge in [-0.15, -0.1) is 0 Å². The Morgan fingerprint density at radius 2 is 1.72 bits per heavy atom. The van der Waals surface area contributed by atoms with Crippen molar-refractivity contribution in [3.05, 3.63) is 107 Å². The number of carbonyl (C=O) groups excluding carboxylic acids is 1. The number of amides is 1. The maximum Gasteiger partial charge on any atom is 0.260 e. The number of hydrogen-bond donors (Lipinski definition) is 1. The predicted octanol–water partition coefficient (Wildman–Crippen LogP) is 5.53. The maximum absolute atomic E-state index is 13.5. The van der Waals surface area contributed by atoms with Gasteiger partial charge in [-0.1, -0.05) is 47.6 Å². The standard InChI is InChI=1S/C25H21FN2O4/c1-17-12-24(28-32-17)27-25(29)22-14-21(30-15-18-6-3-2-4-7-18)10-11-23(22)31-16-19-8-5-9-20(26)13-19/h2-14H,15-16H2,1H3,(H,27,28,29). The van der Waals surface area contributed by atoms with E-state index >= 15 is 0 Å². The molecule has 0 unspecified atom stereocenters. The number of rotatable bonds is 8. The summed E-state index contributed by atoms with van der Waals surface area (Å²) in [6, 6.07) is 22.4. The average Bonchev–Trinajstić information content (AvgIpc) is 3.21. The number of anilines is 1. The van der Waals surface area contributed by atoms with Crippen molar-refractivity contribution < 1.29 is 23.2 Å². The van der Waals surface area contributed by atoms with E-state index in [-0.39, 0.29) is 18.0 Å². The number of aryl methyl sites for hydroxylation is 1. The fourth-order valence-electron chi connectivity index (χ4n) is 3.04. The summed E-state index contributed by atoms with van der Waals surface area (Å²) in [6.45, 7) is 2.19. The van der Waals surface area contributed by atoms with Crippen molar-refractivity contribution in [3.63, 3.8) is 0 Å². The summed E-state index contributed by atoms with van der Waals surface area (Å²) < 4.78 is 30.2. The molecule has 4 rings (SSSR count). The third-order valence-corrected chi connectivity index (χ3v) is 4.60. The predicted molar refractivity (Wildman–Crippen MR) is 117 cm³/mol. The van der Waals surface area contributed by atoms with Crippen molar-refractivity contribution in [2.45, 2.75) is 20.1 Å². The molecule has 1 aromatic heterocycles. The molecular formula is C25H21FN2O4. The molecule has 32 heavy (non-hydrogen) atoms. The van der Waals surface area contributed by atoms with Crippen LogP contribution in [0.4, 0.5) is 10.2 Å². The lowest BCUT2D eigenvalue weighted by atomic mass is 10.1. The summed E-state index contributed by atoms with van der Waals surface area (Å²) in [4.78, 5) is 12.9. The van der Waals surface area contributed by atoms with Gasteiger partial charge in [-0.05, 0) is 48.4 Å². The minimum Gasteiger partial charge on any atom is -0.489 e. The van der Waals surface area contributed by atoms with Gasteiger partial charge in [0.2, 0.25) is 0 Å². The normalized spacial score (nSPS) is 10.6. The number of ether oxygens (including phenoxy) is 2. The van der Waals surface area contributed by atoms with Crippen LogP contribution in [-0.2, 0) is 13.2 Å². The van der Waals surface area contributed by atoms with Gasteiger partial charge in [0.15, 0.2) is 5.82 Å². The summed E-state index contributed by atoms with van der Waals surface area (Å²) in [6.07, 6.45) is 0. The van der Waals surface area contributed by atoms with E-state index in [0.717, 1.165) is 5.56 Å². The summed E-state index contributed by atoms with van der Waals surface area (Å²) in [5.74, 6) is 0.919. The molecule has 0 spiro atoms. The molecule has 4 aromatic rings. The molecule has 162 valence electrons. The van der Waals surface area contributed by atoms with Crippen molar-refractivity contribution in [2.75, 3.05) is 5.32 Å². The Labute approximate surface area is 184 Å². The van der Waals surface area contributed by atoms with Crippen molar-refractivity contribution in [3.8, 4) is 11.5 Å². The van der Waals surface area contributed by atoms with E-state index < -0.39 is 5.91 Å². The van der Waals surface area contributed by atoms with Crippen LogP contribution in [0.2, 0.25) is 0 Å². The number of nitrogens with zero attached hydrogens (tertiary/aromatic N) is 1. The first kappa shape index (κ1) is 21.1. The Morgan fingerprint density at radius 1 is 0.938 bits per heavy atom. The molecule has 7 heteroatoms. The first-order chi connectivity index (χ1) is 15.6. The Kier molecular flexibility index (Phi) is 6.46. The van der Waals surface area contributed by atoms with Crippen LogP contribution in [0.5, 0.6) is 11.5 Å². The van der Waals surface area contributed by atoms with Crippen LogP contribution in [0, 0.1) is 12.7 Å². The summed E-state index contributed by atoms with van der Waals surface area (Å²) in [5.41, 5.74) is 1.91. The molecule has 1 heterocycles. The highest BCUT2D eigenvalue weighted by atomic mass is 19.1. The average molecular weight is 432 g/mol. The van der Waals surface area contributed by atoms with Gasteiger partial charge in [-0.25, -0.2) is 4.39 Å². The van der Waals surface area contributed by atoms with Crippen molar-refractivity contribution in [1.29, 1.82) is 0 Å². The number of halogens is 1. The number of benzene rings is 3. The van der Waals surface area contributed by atoms with Gasteiger partial charge >= 0.3 is 0 Å². The zero-order valence-corrected chi connectivity index (χ0v) is 17.4. The monoisotopic (exact) mass is 432 g/mol. The second kappa shape index (κ2) is 9.78. The van der Waals surface area contributed by atoms with Crippen LogP contribution >= 0.6 is 0 Å². The van der Waals surface area contributed by atoms with Crippen molar-refractivity contribution in [1.82, 2.24) is 5.16 Å². The molecule has 0 aliphatic carbocycles. The lowest BCUT2D eigenvalue weighted by molar-refractivity contribution is 0.102. The highest BCUT2D eigenvalue weighted by Gasteiger charge is 2.17. The van der Waals surface area contributed by atoms with Crippen LogP contribution < -0.4 is 14.8 Å². The van der Waals surface area contributed by atoms with E-state index in [4.69, 9.17) is 14.0 Å². The number of hydrogen-bond acceptors (Lipinski definition) is 5. The Hall–Kier alpha value is -4.13. The molecule has 6 nitrogen and oxygen atoms in total. The third kappa shape index (κ3) is 5.51. The Balaban J connectivity index is 1.54. The lowest BCUT2D eigenvalue weighted by Crippen LogP contribution is -2.14. The van der Waals surface area contributed by atoms with Crippen LogP contribution in [-0.4, -0.2) is 11.1 Å². The summed E-state index contributed by atoms with van der Waals surface area (Å²) >= 11 is 0. The van der Waals surface area contributed by atoms with Crippen LogP contribution in [0.1, 0.15) is 27.2 Å². The molecule has 0 radical (unpaired) electrons. The van der Waals surface area contributed by atoms with Gasteiger partial charge in [0, 0.05) is 6.07 Å². The fourth-order valence-corrected chi connectivity index (χ4v) is 3.04. The number of aromatic nitrogens is 1. The van der Waals surface area contributed by atoms with Gasteiger partial charge in [0.05, 0.1) is 5.56 Å². The zero-order chi connectivity index (χ0) is 22.3. The molecular weight excluding hydrogens is 411 g/mol. The molecule has 0 saturated carbocycles. The van der Waals surface area contributed by atoms with Gasteiger partial charge in [-0.2, -0.15) is 0 Å². The SMILES string of the molecule is Cc1cc(NC(=O)c2cc(OCc3ccccc3)ccc2OCc2cccc(F)c2)no1. The summed E-state index contributed by atoms with van der Waals surface area (Å²) in [5, 5.41) is 6.48. The first-order valence-corrected chi connectivity index (χ1v) is 9.99. The van der Waals surface area contributed by atoms with Gasteiger partial charge < -0.3 is 19.3 Å². The Bertz CT molecular complexity index is 1210. The molecule has 0 aliphatic heterocycles.